The van der Waals surface area contributed by atoms with Crippen LogP contribution in [0.25, 0.3) is 0 Å². The second-order valence-electron chi connectivity index (χ2n) is 2.35. The topological polar surface area (TPSA) is 0 Å². The van der Waals surface area contributed by atoms with Crippen LogP contribution in [0.15, 0.2) is 0 Å². The van der Waals surface area contributed by atoms with Crippen LogP contribution >= 0.6 is 0 Å². The van der Waals surface area contributed by atoms with Crippen LogP contribution in [-0.2, 0) is 0 Å². The Bertz CT molecular complexity index is 90.3. The van der Waals surface area contributed by atoms with Gasteiger partial charge in [0.15, 0.2) is 0 Å². The number of rotatable bonds is 0. The summed E-state index contributed by atoms with van der Waals surface area (Å²) in [5.41, 5.74) is 0. The predicted molar refractivity (Wildman–Crippen MR) is 28.5 cm³/mol. The maximum atomic E-state index is 12.2. The monoisotopic (exact) mass is 155 g/mol. The summed E-state index contributed by atoms with van der Waals surface area (Å²) in [6.45, 7) is 0. The van der Waals surface area contributed by atoms with Crippen molar-refractivity contribution in [3.05, 3.63) is 6.42 Å². The lowest BCUT2D eigenvalue weighted by Crippen LogP contribution is -2.37. The van der Waals surface area contributed by atoms with E-state index in [1.54, 1.807) is 0 Å². The Kier molecular flexibility index (Phi) is 2.16. The molecule has 4 unspecified atom stereocenters. The van der Waals surface area contributed by atoms with Crippen LogP contribution in [0.2, 0.25) is 0 Å². The standard InChI is InChI=1S/C6H7F4/c7-3-1-4(8)6(10)2-5(3)9/h1,3-6H,2H2. The molecule has 4 atom stereocenters. The lowest BCUT2D eigenvalue weighted by molar-refractivity contribution is 0.0559. The first kappa shape index (κ1) is 7.82. The van der Waals surface area contributed by atoms with Gasteiger partial charge in [-0.1, -0.05) is 0 Å². The molecular formula is C6H7F4. The van der Waals surface area contributed by atoms with Crippen LogP contribution in [-0.4, -0.2) is 24.7 Å². The van der Waals surface area contributed by atoms with Crippen molar-refractivity contribution >= 4 is 0 Å². The van der Waals surface area contributed by atoms with E-state index in [-0.39, 0.29) is 0 Å². The molecule has 0 bridgehead atoms. The van der Waals surface area contributed by atoms with E-state index in [2.05, 4.69) is 0 Å². The molecule has 1 aliphatic carbocycles. The van der Waals surface area contributed by atoms with Crippen LogP contribution in [0.5, 0.6) is 0 Å². The molecule has 0 aromatic carbocycles. The molecular weight excluding hydrogens is 148 g/mol. The fourth-order valence-corrected chi connectivity index (χ4v) is 0.892. The summed E-state index contributed by atoms with van der Waals surface area (Å²) in [4.78, 5) is 0. The first-order valence-electron chi connectivity index (χ1n) is 3.02. The summed E-state index contributed by atoms with van der Waals surface area (Å²) in [6, 6.07) is 0. The summed E-state index contributed by atoms with van der Waals surface area (Å²) in [5.74, 6) is 0. The zero-order valence-electron chi connectivity index (χ0n) is 5.11. The number of hydrogen-bond donors (Lipinski definition) is 0. The minimum Gasteiger partial charge on any atom is -0.244 e. The Morgan fingerprint density at radius 1 is 0.900 bits per heavy atom. The van der Waals surface area contributed by atoms with Gasteiger partial charge in [-0.05, 0) is 0 Å². The van der Waals surface area contributed by atoms with Gasteiger partial charge in [0.25, 0.3) is 0 Å². The first-order valence-corrected chi connectivity index (χ1v) is 3.02. The van der Waals surface area contributed by atoms with Gasteiger partial charge in [-0.25, -0.2) is 17.6 Å². The third-order valence-electron chi connectivity index (χ3n) is 1.51. The Morgan fingerprint density at radius 3 is 1.60 bits per heavy atom. The van der Waals surface area contributed by atoms with E-state index >= 15 is 0 Å². The van der Waals surface area contributed by atoms with Gasteiger partial charge in [0.05, 0.1) is 0 Å². The van der Waals surface area contributed by atoms with Crippen molar-refractivity contribution < 1.29 is 17.6 Å². The molecule has 0 aromatic heterocycles. The quantitative estimate of drug-likeness (QED) is 0.469. The van der Waals surface area contributed by atoms with E-state index in [1.807, 2.05) is 0 Å². The molecule has 1 radical (unpaired) electrons. The smallest absolute Gasteiger partial charge is 0.137 e. The maximum Gasteiger partial charge on any atom is 0.137 e. The van der Waals surface area contributed by atoms with Crippen molar-refractivity contribution in [1.29, 1.82) is 0 Å². The molecule has 0 N–H and O–H groups in total. The van der Waals surface area contributed by atoms with Gasteiger partial charge in [0, 0.05) is 12.8 Å². The Hall–Kier alpha value is -0.280. The minimum absolute atomic E-state index is 0.429. The molecule has 1 aliphatic rings. The van der Waals surface area contributed by atoms with Crippen molar-refractivity contribution in [2.24, 2.45) is 0 Å². The Morgan fingerprint density at radius 2 is 1.30 bits per heavy atom. The van der Waals surface area contributed by atoms with E-state index in [9.17, 15) is 17.6 Å². The fraction of sp³-hybridized carbons (Fsp3) is 0.833. The third kappa shape index (κ3) is 1.41. The second-order valence-corrected chi connectivity index (χ2v) is 2.35. The van der Waals surface area contributed by atoms with Crippen molar-refractivity contribution in [2.45, 2.75) is 31.1 Å². The summed E-state index contributed by atoms with van der Waals surface area (Å²) >= 11 is 0. The highest BCUT2D eigenvalue weighted by atomic mass is 19.2. The van der Waals surface area contributed by atoms with E-state index in [0.29, 0.717) is 6.42 Å². The molecule has 1 rings (SSSR count). The third-order valence-corrected chi connectivity index (χ3v) is 1.51. The zero-order valence-corrected chi connectivity index (χ0v) is 5.11. The summed E-state index contributed by atoms with van der Waals surface area (Å²) in [6.07, 6.45) is -7.87. The van der Waals surface area contributed by atoms with Gasteiger partial charge in [-0.15, -0.1) is 0 Å². The molecule has 1 saturated carbocycles. The van der Waals surface area contributed by atoms with E-state index in [1.165, 1.54) is 0 Å². The number of hydrogen-bond acceptors (Lipinski definition) is 0. The van der Waals surface area contributed by atoms with Gasteiger partial charge >= 0.3 is 0 Å². The summed E-state index contributed by atoms with van der Waals surface area (Å²) < 4.78 is 48.7. The highest BCUT2D eigenvalue weighted by Crippen LogP contribution is 2.27. The second kappa shape index (κ2) is 2.76. The van der Waals surface area contributed by atoms with Crippen molar-refractivity contribution in [3.63, 3.8) is 0 Å². The number of halogens is 4. The largest absolute Gasteiger partial charge is 0.244 e. The zero-order chi connectivity index (χ0) is 7.72. The molecule has 0 nitrogen and oxygen atoms in total. The average Bonchev–Trinajstić information content (AvgIpc) is 1.84. The van der Waals surface area contributed by atoms with Gasteiger partial charge in [0.2, 0.25) is 0 Å². The highest BCUT2D eigenvalue weighted by molar-refractivity contribution is 4.99. The molecule has 0 heterocycles. The SMILES string of the molecule is FC1[CH]C(F)C(F)CC1F. The molecule has 1 fully saturated rings. The first-order chi connectivity index (χ1) is 4.61. The summed E-state index contributed by atoms with van der Waals surface area (Å²) in [7, 11) is 0. The van der Waals surface area contributed by atoms with Crippen LogP contribution in [0.1, 0.15) is 6.42 Å². The van der Waals surface area contributed by atoms with Crippen LogP contribution in [0.4, 0.5) is 17.6 Å². The Labute approximate surface area is 56.2 Å². The molecule has 10 heavy (non-hydrogen) atoms. The highest BCUT2D eigenvalue weighted by Gasteiger charge is 2.38. The molecule has 0 spiro atoms. The number of alkyl halides is 4. The molecule has 4 heteroatoms. The van der Waals surface area contributed by atoms with Gasteiger partial charge in [0.1, 0.15) is 24.7 Å². The predicted octanol–water partition coefficient (Wildman–Crippen LogP) is 1.95. The molecule has 0 saturated heterocycles. The minimum atomic E-state index is -1.94. The van der Waals surface area contributed by atoms with Gasteiger partial charge in [-0.2, -0.15) is 0 Å². The Balaban J connectivity index is 2.46. The molecule has 0 aromatic rings. The fourth-order valence-electron chi connectivity index (χ4n) is 0.892. The molecule has 0 aliphatic heterocycles. The van der Waals surface area contributed by atoms with E-state index in [0.717, 1.165) is 0 Å². The van der Waals surface area contributed by atoms with Crippen molar-refractivity contribution in [1.82, 2.24) is 0 Å². The lowest BCUT2D eigenvalue weighted by atomic mass is 9.94. The van der Waals surface area contributed by atoms with Crippen molar-refractivity contribution in [3.8, 4) is 0 Å². The van der Waals surface area contributed by atoms with E-state index in [4.69, 9.17) is 0 Å². The summed E-state index contributed by atoms with van der Waals surface area (Å²) in [5, 5.41) is 0. The lowest BCUT2D eigenvalue weighted by Gasteiger charge is -2.24. The normalized spacial score (nSPS) is 49.2. The van der Waals surface area contributed by atoms with Gasteiger partial charge < -0.3 is 0 Å². The maximum absolute atomic E-state index is 12.2. The molecule has 59 valence electrons. The van der Waals surface area contributed by atoms with Gasteiger partial charge in [-0.3, -0.25) is 0 Å². The van der Waals surface area contributed by atoms with Crippen LogP contribution in [0, 0.1) is 6.42 Å². The van der Waals surface area contributed by atoms with E-state index < -0.39 is 31.1 Å². The average molecular weight is 155 g/mol. The molecule has 0 amide bonds. The van der Waals surface area contributed by atoms with Crippen LogP contribution < -0.4 is 0 Å². The van der Waals surface area contributed by atoms with Crippen molar-refractivity contribution in [2.75, 3.05) is 0 Å². The van der Waals surface area contributed by atoms with Crippen LogP contribution in [0.3, 0.4) is 0 Å².